The number of ether oxygens (including phenoxy) is 1. The van der Waals surface area contributed by atoms with Gasteiger partial charge < -0.3 is 9.57 Å². The number of carbonyl (C=O) groups excluding carboxylic acids is 3. The van der Waals surface area contributed by atoms with E-state index in [1.165, 1.54) is 12.1 Å². The van der Waals surface area contributed by atoms with Gasteiger partial charge in [-0.05, 0) is 30.9 Å². The summed E-state index contributed by atoms with van der Waals surface area (Å²) in [5.41, 5.74) is 0.469. The van der Waals surface area contributed by atoms with E-state index in [1.807, 2.05) is 0 Å². The summed E-state index contributed by atoms with van der Waals surface area (Å²) in [6.07, 6.45) is 1.85. The van der Waals surface area contributed by atoms with E-state index >= 15 is 0 Å². The topological polar surface area (TPSA) is 72.9 Å². The van der Waals surface area contributed by atoms with E-state index < -0.39 is 17.8 Å². The molecule has 22 heavy (non-hydrogen) atoms. The summed E-state index contributed by atoms with van der Waals surface area (Å²) in [5.74, 6) is -1.45. The third-order valence-corrected chi connectivity index (χ3v) is 3.24. The second-order valence-electron chi connectivity index (χ2n) is 5.50. The molecule has 0 spiro atoms. The van der Waals surface area contributed by atoms with Crippen LogP contribution in [0.25, 0.3) is 0 Å². The maximum atomic E-state index is 12.0. The molecule has 0 radical (unpaired) electrons. The molecule has 2 amide bonds. The quantitative estimate of drug-likeness (QED) is 0.570. The van der Waals surface area contributed by atoms with Crippen LogP contribution in [0.2, 0.25) is 0 Å². The first-order valence-corrected chi connectivity index (χ1v) is 7.27. The zero-order valence-corrected chi connectivity index (χ0v) is 12.7. The maximum Gasteiger partial charge on any atom is 0.358 e. The van der Waals surface area contributed by atoms with Gasteiger partial charge in [0.25, 0.3) is 11.8 Å². The molecule has 1 aliphatic heterocycles. The van der Waals surface area contributed by atoms with Crippen molar-refractivity contribution in [3.05, 3.63) is 35.4 Å². The lowest BCUT2D eigenvalue weighted by atomic mass is 10.1. The Morgan fingerprint density at radius 2 is 1.73 bits per heavy atom. The molecule has 0 N–H and O–H groups in total. The van der Waals surface area contributed by atoms with Crippen LogP contribution < -0.4 is 0 Å². The van der Waals surface area contributed by atoms with E-state index in [0.717, 1.165) is 12.8 Å². The predicted octanol–water partition coefficient (Wildman–Crippen LogP) is 2.19. The van der Waals surface area contributed by atoms with E-state index in [-0.39, 0.29) is 17.7 Å². The molecule has 0 bridgehead atoms. The van der Waals surface area contributed by atoms with Gasteiger partial charge in [-0.1, -0.05) is 31.0 Å². The second-order valence-corrected chi connectivity index (χ2v) is 5.50. The normalized spacial score (nSPS) is 13.7. The summed E-state index contributed by atoms with van der Waals surface area (Å²) in [5, 5.41) is 0.491. The molecule has 1 aromatic rings. The van der Waals surface area contributed by atoms with Crippen molar-refractivity contribution in [3.63, 3.8) is 0 Å². The number of nitrogens with zero attached hydrogens (tertiary/aromatic N) is 1. The molecule has 0 atom stereocenters. The average Bonchev–Trinajstić information content (AvgIpc) is 2.72. The van der Waals surface area contributed by atoms with Crippen molar-refractivity contribution in [2.45, 2.75) is 26.7 Å². The molecular formula is C16H19NO5. The summed E-state index contributed by atoms with van der Waals surface area (Å²) >= 11 is 0. The summed E-state index contributed by atoms with van der Waals surface area (Å²) in [6.45, 7) is 4.37. The van der Waals surface area contributed by atoms with Gasteiger partial charge in [0.2, 0.25) is 0 Å². The fourth-order valence-electron chi connectivity index (χ4n) is 2.13. The summed E-state index contributed by atoms with van der Waals surface area (Å²) in [6, 6.07) is 6.33. The Bertz CT molecular complexity index is 547. The smallest absolute Gasteiger partial charge is 0.358 e. The Morgan fingerprint density at radius 3 is 2.27 bits per heavy atom. The van der Waals surface area contributed by atoms with Gasteiger partial charge in [-0.2, -0.15) is 0 Å². The minimum absolute atomic E-state index is 0.234. The highest BCUT2D eigenvalue weighted by Gasteiger charge is 2.38. The van der Waals surface area contributed by atoms with E-state index in [1.54, 1.807) is 12.1 Å². The van der Waals surface area contributed by atoms with E-state index in [4.69, 9.17) is 9.57 Å². The zero-order chi connectivity index (χ0) is 16.1. The van der Waals surface area contributed by atoms with Gasteiger partial charge in [-0.25, -0.2) is 4.79 Å². The molecule has 0 aliphatic carbocycles. The molecule has 1 aromatic carbocycles. The number of rotatable bonds is 7. The Kier molecular flexibility index (Phi) is 5.27. The number of amides is 2. The monoisotopic (exact) mass is 305 g/mol. The SMILES string of the molecule is CC(C)CCCOCC(=O)ON1C(=O)c2ccccc2C1=O. The first-order valence-electron chi connectivity index (χ1n) is 7.27. The molecule has 1 heterocycles. The van der Waals surface area contributed by atoms with Crippen molar-refractivity contribution >= 4 is 17.8 Å². The Balaban J connectivity index is 1.81. The van der Waals surface area contributed by atoms with Crippen LogP contribution >= 0.6 is 0 Å². The van der Waals surface area contributed by atoms with Crippen molar-refractivity contribution in [2.24, 2.45) is 5.92 Å². The Hall–Kier alpha value is -2.21. The Morgan fingerprint density at radius 1 is 1.14 bits per heavy atom. The van der Waals surface area contributed by atoms with Gasteiger partial charge in [0, 0.05) is 6.61 Å². The number of hydrogen-bond donors (Lipinski definition) is 0. The first-order chi connectivity index (χ1) is 10.5. The lowest BCUT2D eigenvalue weighted by Gasteiger charge is -2.12. The largest absolute Gasteiger partial charge is 0.370 e. The predicted molar refractivity (Wildman–Crippen MR) is 77.9 cm³/mol. The third-order valence-electron chi connectivity index (χ3n) is 3.24. The van der Waals surface area contributed by atoms with Gasteiger partial charge in [0.1, 0.15) is 6.61 Å². The summed E-state index contributed by atoms with van der Waals surface area (Å²) in [4.78, 5) is 40.4. The number of hydrogen-bond acceptors (Lipinski definition) is 5. The number of imide groups is 1. The van der Waals surface area contributed by atoms with Crippen molar-refractivity contribution < 1.29 is 24.0 Å². The highest BCUT2D eigenvalue weighted by molar-refractivity contribution is 6.20. The third kappa shape index (κ3) is 3.71. The molecular weight excluding hydrogens is 286 g/mol. The zero-order valence-electron chi connectivity index (χ0n) is 12.7. The minimum atomic E-state index is -0.765. The standard InChI is InChI=1S/C16H19NO5/c1-11(2)6-5-9-21-10-14(18)22-17-15(19)12-7-3-4-8-13(12)16(17)20/h3-4,7-8,11H,5-6,9-10H2,1-2H3. The van der Waals surface area contributed by atoms with Crippen molar-refractivity contribution in [1.82, 2.24) is 5.06 Å². The Labute approximate surface area is 129 Å². The van der Waals surface area contributed by atoms with Crippen LogP contribution in [0.4, 0.5) is 0 Å². The second kappa shape index (κ2) is 7.17. The van der Waals surface area contributed by atoms with Crippen LogP contribution in [0.3, 0.4) is 0 Å². The van der Waals surface area contributed by atoms with Gasteiger partial charge in [-0.3, -0.25) is 9.59 Å². The molecule has 6 nitrogen and oxygen atoms in total. The lowest BCUT2D eigenvalue weighted by Crippen LogP contribution is -2.34. The van der Waals surface area contributed by atoms with Crippen molar-refractivity contribution in [1.29, 1.82) is 0 Å². The molecule has 1 aliphatic rings. The van der Waals surface area contributed by atoms with Crippen molar-refractivity contribution in [3.8, 4) is 0 Å². The van der Waals surface area contributed by atoms with Crippen LogP contribution in [0, 0.1) is 5.92 Å². The lowest BCUT2D eigenvalue weighted by molar-refractivity contribution is -0.173. The number of fused-ring (bicyclic) bond motifs is 1. The summed E-state index contributed by atoms with van der Waals surface area (Å²) < 4.78 is 5.18. The molecule has 0 saturated heterocycles. The van der Waals surface area contributed by atoms with Gasteiger partial charge >= 0.3 is 5.97 Å². The average molecular weight is 305 g/mol. The van der Waals surface area contributed by atoms with Crippen molar-refractivity contribution in [2.75, 3.05) is 13.2 Å². The van der Waals surface area contributed by atoms with Gasteiger partial charge in [-0.15, -0.1) is 0 Å². The molecule has 0 unspecified atom stereocenters. The fourth-order valence-corrected chi connectivity index (χ4v) is 2.13. The van der Waals surface area contributed by atoms with Crippen LogP contribution in [0.15, 0.2) is 24.3 Å². The molecule has 6 heteroatoms. The molecule has 0 fully saturated rings. The van der Waals surface area contributed by atoms with E-state index in [9.17, 15) is 14.4 Å². The maximum absolute atomic E-state index is 12.0. The number of benzene rings is 1. The number of hydroxylamine groups is 2. The van der Waals surface area contributed by atoms with Crippen LogP contribution in [0.5, 0.6) is 0 Å². The highest BCUT2D eigenvalue weighted by atomic mass is 16.7. The first kappa shape index (κ1) is 16.2. The van der Waals surface area contributed by atoms with Crippen LogP contribution in [0.1, 0.15) is 47.4 Å². The van der Waals surface area contributed by atoms with Crippen LogP contribution in [-0.2, 0) is 14.4 Å². The molecule has 118 valence electrons. The van der Waals surface area contributed by atoms with E-state index in [2.05, 4.69) is 13.8 Å². The van der Waals surface area contributed by atoms with Gasteiger partial charge in [0.15, 0.2) is 0 Å². The van der Waals surface area contributed by atoms with E-state index in [0.29, 0.717) is 17.6 Å². The fraction of sp³-hybridized carbons (Fsp3) is 0.438. The molecule has 0 aromatic heterocycles. The summed E-state index contributed by atoms with van der Waals surface area (Å²) in [7, 11) is 0. The van der Waals surface area contributed by atoms with Gasteiger partial charge in [0.05, 0.1) is 11.1 Å². The molecule has 0 saturated carbocycles. The number of carbonyl (C=O) groups is 3. The van der Waals surface area contributed by atoms with Crippen LogP contribution in [-0.4, -0.2) is 36.1 Å². The minimum Gasteiger partial charge on any atom is -0.370 e. The highest BCUT2D eigenvalue weighted by Crippen LogP contribution is 2.22. The molecule has 2 rings (SSSR count).